The van der Waals surface area contributed by atoms with E-state index >= 15 is 0 Å². The van der Waals surface area contributed by atoms with Gasteiger partial charge in [0.2, 0.25) is 0 Å². The van der Waals surface area contributed by atoms with Crippen molar-refractivity contribution >= 4 is 28.1 Å². The third kappa shape index (κ3) is 4.67. The fraction of sp³-hybridized carbons (Fsp3) is 0.238. The van der Waals surface area contributed by atoms with E-state index in [1.165, 1.54) is 5.39 Å². The Labute approximate surface area is 158 Å². The van der Waals surface area contributed by atoms with Gasteiger partial charge in [-0.1, -0.05) is 7.43 Å². The van der Waals surface area contributed by atoms with Gasteiger partial charge in [-0.25, -0.2) is 0 Å². The van der Waals surface area contributed by atoms with Gasteiger partial charge in [0.15, 0.2) is 6.29 Å². The molecule has 2 heterocycles. The highest BCUT2D eigenvalue weighted by molar-refractivity contribution is 5.95. The summed E-state index contributed by atoms with van der Waals surface area (Å²) in [4.78, 5) is 13.7. The van der Waals surface area contributed by atoms with Crippen LogP contribution in [0.1, 0.15) is 31.8 Å². The van der Waals surface area contributed by atoms with E-state index in [1.54, 1.807) is 0 Å². The molecule has 0 aliphatic heterocycles. The third-order valence-electron chi connectivity index (χ3n) is 3.82. The van der Waals surface area contributed by atoms with Crippen LogP contribution in [0.25, 0.3) is 21.8 Å². The molecule has 0 atom stereocenters. The second kappa shape index (κ2) is 9.43. The summed E-state index contributed by atoms with van der Waals surface area (Å²) in [5.74, 6) is 1.69. The zero-order chi connectivity index (χ0) is 18.4. The number of aromatic amines is 2. The molecule has 0 bridgehead atoms. The summed E-state index contributed by atoms with van der Waals surface area (Å²) in [6.07, 6.45) is 2.69. The lowest BCUT2D eigenvalue weighted by Gasteiger charge is -2.01. The molecular weight excluding hydrogens is 342 g/mol. The average molecular weight is 367 g/mol. The van der Waals surface area contributed by atoms with Crippen LogP contribution in [0.3, 0.4) is 0 Å². The van der Waals surface area contributed by atoms with E-state index in [9.17, 15) is 4.79 Å². The number of carbonyl (C=O) groups excluding carboxylic acids is 1. The fourth-order valence-corrected chi connectivity index (χ4v) is 2.64. The first-order valence-corrected chi connectivity index (χ1v) is 8.51. The van der Waals surface area contributed by atoms with Crippen LogP contribution in [0.5, 0.6) is 11.5 Å². The number of H-pyrrole nitrogens is 2. The number of nitrogens with one attached hydrogen (secondary N) is 2. The van der Waals surface area contributed by atoms with Crippen molar-refractivity contribution in [3.8, 4) is 11.5 Å². The number of rotatable bonds is 5. The van der Waals surface area contributed by atoms with Gasteiger partial charge in [-0.3, -0.25) is 9.89 Å². The third-order valence-corrected chi connectivity index (χ3v) is 3.82. The van der Waals surface area contributed by atoms with E-state index < -0.39 is 0 Å². The highest BCUT2D eigenvalue weighted by Crippen LogP contribution is 2.21. The van der Waals surface area contributed by atoms with Gasteiger partial charge in [0.1, 0.15) is 17.2 Å². The standard InChI is InChI=1S/C10H10N2O2.C10H11NO.CH4/c1-2-14-7-3-4-8-9(5-7)11-12-10(8)6-13;1-2-12-9-4-3-8-5-6-11-10(8)7-9;/h3-6H,2H2,1H3,(H,11,12);3-7,11H,2H2,1H3;1H4. The molecule has 27 heavy (non-hydrogen) atoms. The zero-order valence-corrected chi connectivity index (χ0v) is 14.8. The Bertz CT molecular complexity index is 1000. The van der Waals surface area contributed by atoms with Crippen LogP contribution in [-0.4, -0.2) is 34.7 Å². The zero-order valence-electron chi connectivity index (χ0n) is 14.8. The van der Waals surface area contributed by atoms with Gasteiger partial charge in [-0.15, -0.1) is 0 Å². The molecule has 6 heteroatoms. The molecule has 4 rings (SSSR count). The number of hydrogen-bond donors (Lipinski definition) is 2. The van der Waals surface area contributed by atoms with Gasteiger partial charge in [0.05, 0.1) is 18.7 Å². The second-order valence-corrected chi connectivity index (χ2v) is 5.53. The Morgan fingerprint density at radius 2 is 1.70 bits per heavy atom. The van der Waals surface area contributed by atoms with Crippen LogP contribution in [-0.2, 0) is 0 Å². The molecular formula is C21H25N3O3. The summed E-state index contributed by atoms with van der Waals surface area (Å²) in [7, 11) is 0. The van der Waals surface area contributed by atoms with E-state index in [1.807, 2.05) is 56.4 Å². The maximum atomic E-state index is 10.6. The molecule has 0 saturated carbocycles. The maximum Gasteiger partial charge on any atom is 0.168 e. The first-order chi connectivity index (χ1) is 12.7. The number of benzene rings is 2. The van der Waals surface area contributed by atoms with Crippen LogP contribution < -0.4 is 9.47 Å². The lowest BCUT2D eigenvalue weighted by molar-refractivity contribution is 0.112. The monoisotopic (exact) mass is 367 g/mol. The number of carbonyl (C=O) groups is 1. The molecule has 0 amide bonds. The number of nitrogens with zero attached hydrogens (tertiary/aromatic N) is 1. The van der Waals surface area contributed by atoms with Gasteiger partial charge in [-0.05, 0) is 49.6 Å². The minimum absolute atomic E-state index is 0. The van der Waals surface area contributed by atoms with Crippen molar-refractivity contribution in [1.82, 2.24) is 15.2 Å². The Hall–Kier alpha value is -3.28. The minimum Gasteiger partial charge on any atom is -0.494 e. The van der Waals surface area contributed by atoms with Gasteiger partial charge in [0, 0.05) is 29.2 Å². The molecule has 142 valence electrons. The van der Waals surface area contributed by atoms with E-state index in [0.29, 0.717) is 18.9 Å². The molecule has 6 nitrogen and oxygen atoms in total. The van der Waals surface area contributed by atoms with E-state index in [2.05, 4.69) is 21.2 Å². The number of hydrogen-bond acceptors (Lipinski definition) is 4. The topological polar surface area (TPSA) is 80.0 Å². The average Bonchev–Trinajstić information content (AvgIpc) is 3.28. The summed E-state index contributed by atoms with van der Waals surface area (Å²) >= 11 is 0. The van der Waals surface area contributed by atoms with Crippen molar-refractivity contribution in [1.29, 1.82) is 0 Å². The fourth-order valence-electron chi connectivity index (χ4n) is 2.64. The van der Waals surface area contributed by atoms with Gasteiger partial charge < -0.3 is 14.5 Å². The van der Waals surface area contributed by atoms with Crippen LogP contribution in [0, 0.1) is 0 Å². The second-order valence-electron chi connectivity index (χ2n) is 5.53. The highest BCUT2D eigenvalue weighted by Gasteiger charge is 2.04. The van der Waals surface area contributed by atoms with E-state index in [-0.39, 0.29) is 7.43 Å². The van der Waals surface area contributed by atoms with E-state index in [4.69, 9.17) is 9.47 Å². The van der Waals surface area contributed by atoms with E-state index in [0.717, 1.165) is 34.2 Å². The summed E-state index contributed by atoms with van der Waals surface area (Å²) in [5.41, 5.74) is 2.38. The van der Waals surface area contributed by atoms with Crippen molar-refractivity contribution < 1.29 is 14.3 Å². The van der Waals surface area contributed by atoms with Crippen LogP contribution in [0.4, 0.5) is 0 Å². The molecule has 0 saturated heterocycles. The smallest absolute Gasteiger partial charge is 0.168 e. The summed E-state index contributed by atoms with van der Waals surface area (Å²) < 4.78 is 10.7. The summed E-state index contributed by atoms with van der Waals surface area (Å²) in [6.45, 7) is 5.24. The van der Waals surface area contributed by atoms with Crippen molar-refractivity contribution in [2.75, 3.05) is 13.2 Å². The maximum absolute atomic E-state index is 10.6. The van der Waals surface area contributed by atoms with Crippen LogP contribution in [0.2, 0.25) is 0 Å². The first-order valence-electron chi connectivity index (χ1n) is 8.51. The number of fused-ring (bicyclic) bond motifs is 2. The minimum atomic E-state index is 0. The summed E-state index contributed by atoms with van der Waals surface area (Å²) in [5, 5.41) is 8.70. The largest absolute Gasteiger partial charge is 0.494 e. The van der Waals surface area contributed by atoms with Crippen LogP contribution >= 0.6 is 0 Å². The molecule has 0 aliphatic carbocycles. The molecule has 0 unspecified atom stereocenters. The first kappa shape index (κ1) is 20.0. The lowest BCUT2D eigenvalue weighted by atomic mass is 10.2. The molecule has 0 radical (unpaired) electrons. The number of aromatic nitrogens is 3. The quantitative estimate of drug-likeness (QED) is 0.488. The molecule has 2 aromatic heterocycles. The van der Waals surface area contributed by atoms with Crippen LogP contribution in [0.15, 0.2) is 48.7 Å². The molecule has 0 aliphatic rings. The van der Waals surface area contributed by atoms with Crippen molar-refractivity contribution in [2.24, 2.45) is 0 Å². The van der Waals surface area contributed by atoms with Crippen molar-refractivity contribution in [3.63, 3.8) is 0 Å². The van der Waals surface area contributed by atoms with Gasteiger partial charge in [-0.2, -0.15) is 5.10 Å². The summed E-state index contributed by atoms with van der Waals surface area (Å²) in [6, 6.07) is 13.6. The Kier molecular flexibility index (Phi) is 7.00. The Balaban J connectivity index is 0.000000189. The molecule has 2 aromatic carbocycles. The van der Waals surface area contributed by atoms with Gasteiger partial charge >= 0.3 is 0 Å². The Morgan fingerprint density at radius 1 is 1.00 bits per heavy atom. The van der Waals surface area contributed by atoms with Crippen molar-refractivity contribution in [3.05, 3.63) is 54.4 Å². The lowest BCUT2D eigenvalue weighted by Crippen LogP contribution is -1.90. The molecule has 4 aromatic rings. The van der Waals surface area contributed by atoms with Gasteiger partial charge in [0.25, 0.3) is 0 Å². The highest BCUT2D eigenvalue weighted by atomic mass is 16.5. The molecule has 0 fully saturated rings. The number of ether oxygens (including phenoxy) is 2. The molecule has 0 spiro atoms. The predicted molar refractivity (Wildman–Crippen MR) is 109 cm³/mol. The van der Waals surface area contributed by atoms with Crippen molar-refractivity contribution in [2.45, 2.75) is 21.3 Å². The molecule has 2 N–H and O–H groups in total. The predicted octanol–water partition coefficient (Wildman–Crippen LogP) is 4.98. The normalized spacial score (nSPS) is 10.0. The number of aldehydes is 1. The Morgan fingerprint density at radius 3 is 2.41 bits per heavy atom. The SMILES string of the molecule is C.CCOc1ccc2c(C=O)[nH]nc2c1.CCOc1ccc2cc[nH]c2c1.